The van der Waals surface area contributed by atoms with Crippen molar-refractivity contribution in [2.45, 2.75) is 0 Å². The molecule has 0 aliphatic heterocycles. The molecule has 43 heavy (non-hydrogen) atoms. The maximum absolute atomic E-state index is 12.8. The van der Waals surface area contributed by atoms with Crippen LogP contribution in [0.1, 0.15) is 25.6 Å². The number of nitrogens with zero attached hydrogens (tertiary/aromatic N) is 1. The maximum Gasteiger partial charge on any atom is 0.355 e. The molecule has 0 spiro atoms. The number of fused-ring (bicyclic) bond motifs is 1. The smallest absolute Gasteiger partial charge is 0.355 e. The molecule has 1 aromatic heterocycles. The number of para-hydroxylation sites is 1. The van der Waals surface area contributed by atoms with E-state index in [2.05, 4.69) is 37.1 Å². The van der Waals surface area contributed by atoms with Crippen LogP contribution in [0.25, 0.3) is 10.1 Å². The van der Waals surface area contributed by atoms with Gasteiger partial charge in [-0.25, -0.2) is 10.2 Å². The largest absolute Gasteiger partial charge is 0.422 e. The second-order valence-electron chi connectivity index (χ2n) is 8.86. The van der Waals surface area contributed by atoms with E-state index < -0.39 is 23.7 Å². The van der Waals surface area contributed by atoms with Gasteiger partial charge >= 0.3 is 17.8 Å². The standard InChI is InChI=1S/C31H20BrClN4O5S/c32-19-12-14-20(15-13-19)35-28(38)22-8-1-3-10-24(22)36-29(39)30(40)37-34-17-18-6-5-7-21(16-18)42-31(41)27-26(33)23-9-2-4-11-25(23)43-27/h1-17H,(H,35,38)(H,36,39)(H,37,40)/b34-17+. The summed E-state index contributed by atoms with van der Waals surface area (Å²) in [7, 11) is 0. The SMILES string of the molecule is O=C(N/N=C/c1cccc(OC(=O)c2sc3ccccc3c2Cl)c1)C(=O)Nc1ccccc1C(=O)Nc1ccc(Br)cc1. The number of hydrazone groups is 1. The highest BCUT2D eigenvalue weighted by molar-refractivity contribution is 9.10. The molecule has 0 atom stereocenters. The first kappa shape index (κ1) is 29.6. The number of ether oxygens (including phenoxy) is 1. The number of anilines is 2. The van der Waals surface area contributed by atoms with Gasteiger partial charge in [-0.15, -0.1) is 11.3 Å². The van der Waals surface area contributed by atoms with Gasteiger partial charge in [0.2, 0.25) is 0 Å². The lowest BCUT2D eigenvalue weighted by Crippen LogP contribution is -2.33. The summed E-state index contributed by atoms with van der Waals surface area (Å²) in [5, 5.41) is 10.1. The Balaban J connectivity index is 1.18. The molecule has 0 aliphatic rings. The highest BCUT2D eigenvalue weighted by Gasteiger charge is 2.20. The molecule has 9 nitrogen and oxygen atoms in total. The number of rotatable bonds is 7. The third-order valence-electron chi connectivity index (χ3n) is 5.90. The van der Waals surface area contributed by atoms with E-state index in [-0.39, 0.29) is 21.9 Å². The summed E-state index contributed by atoms with van der Waals surface area (Å²) in [5.74, 6) is -2.90. The topological polar surface area (TPSA) is 126 Å². The Bertz CT molecular complexity index is 1890. The highest BCUT2D eigenvalue weighted by atomic mass is 79.9. The molecule has 1 heterocycles. The van der Waals surface area contributed by atoms with Crippen LogP contribution in [0.15, 0.2) is 107 Å². The molecular formula is C31H20BrClN4O5S. The number of nitrogens with one attached hydrogen (secondary N) is 3. The number of carbonyl (C=O) groups excluding carboxylic acids is 4. The van der Waals surface area contributed by atoms with Gasteiger partial charge in [0.05, 0.1) is 22.5 Å². The molecule has 0 fully saturated rings. The predicted octanol–water partition coefficient (Wildman–Crippen LogP) is 6.88. The van der Waals surface area contributed by atoms with Crippen LogP contribution in [-0.2, 0) is 9.59 Å². The Morgan fingerprint density at radius 2 is 1.58 bits per heavy atom. The number of halogens is 2. The highest BCUT2D eigenvalue weighted by Crippen LogP contribution is 2.35. The quantitative estimate of drug-likeness (QED) is 0.0570. The molecule has 12 heteroatoms. The van der Waals surface area contributed by atoms with Gasteiger partial charge in [-0.3, -0.25) is 14.4 Å². The van der Waals surface area contributed by atoms with Gasteiger partial charge in [-0.1, -0.05) is 70.0 Å². The fourth-order valence-corrected chi connectivity index (χ4v) is 5.52. The molecule has 0 saturated heterocycles. The number of esters is 1. The third kappa shape index (κ3) is 7.33. The summed E-state index contributed by atoms with van der Waals surface area (Å²) in [5.41, 5.74) is 3.50. The number of amides is 3. The second-order valence-corrected chi connectivity index (χ2v) is 11.2. The first-order valence-corrected chi connectivity index (χ1v) is 14.6. The van der Waals surface area contributed by atoms with Crippen molar-refractivity contribution < 1.29 is 23.9 Å². The van der Waals surface area contributed by atoms with Crippen molar-refractivity contribution in [2.75, 3.05) is 10.6 Å². The Labute approximate surface area is 262 Å². The van der Waals surface area contributed by atoms with Gasteiger partial charge < -0.3 is 15.4 Å². The molecule has 3 N–H and O–H groups in total. The minimum absolute atomic E-state index is 0.148. The van der Waals surface area contributed by atoms with Crippen molar-refractivity contribution in [2.24, 2.45) is 5.10 Å². The average molecular weight is 676 g/mol. The lowest BCUT2D eigenvalue weighted by atomic mass is 10.1. The van der Waals surface area contributed by atoms with Crippen LogP contribution in [0, 0.1) is 0 Å². The molecule has 5 rings (SSSR count). The minimum Gasteiger partial charge on any atom is -0.422 e. The zero-order chi connectivity index (χ0) is 30.3. The molecule has 0 unspecified atom stereocenters. The van der Waals surface area contributed by atoms with Crippen molar-refractivity contribution in [1.29, 1.82) is 0 Å². The number of benzene rings is 4. The number of hydrogen-bond donors (Lipinski definition) is 3. The van der Waals surface area contributed by atoms with Crippen LogP contribution in [0.4, 0.5) is 11.4 Å². The summed E-state index contributed by atoms with van der Waals surface area (Å²) >= 11 is 11.0. The summed E-state index contributed by atoms with van der Waals surface area (Å²) in [6.07, 6.45) is 1.29. The van der Waals surface area contributed by atoms with Gasteiger partial charge in [0, 0.05) is 20.2 Å². The van der Waals surface area contributed by atoms with Crippen LogP contribution >= 0.6 is 38.9 Å². The monoisotopic (exact) mass is 674 g/mol. The van der Waals surface area contributed by atoms with E-state index >= 15 is 0 Å². The maximum atomic E-state index is 12.8. The van der Waals surface area contributed by atoms with Crippen molar-refractivity contribution in [1.82, 2.24) is 5.43 Å². The van der Waals surface area contributed by atoms with E-state index in [1.54, 1.807) is 54.6 Å². The number of thiophene rings is 1. The van der Waals surface area contributed by atoms with E-state index in [0.29, 0.717) is 16.3 Å². The summed E-state index contributed by atoms with van der Waals surface area (Å²) in [6.45, 7) is 0. The second kappa shape index (κ2) is 13.4. The summed E-state index contributed by atoms with van der Waals surface area (Å²) in [4.78, 5) is 50.8. The predicted molar refractivity (Wildman–Crippen MR) is 171 cm³/mol. The minimum atomic E-state index is -1.05. The Hall–Kier alpha value is -4.84. The Morgan fingerprint density at radius 3 is 2.37 bits per heavy atom. The van der Waals surface area contributed by atoms with Gasteiger partial charge in [0.25, 0.3) is 5.91 Å². The average Bonchev–Trinajstić information content (AvgIpc) is 3.35. The summed E-state index contributed by atoms with van der Waals surface area (Å²) < 4.78 is 7.22. The molecule has 3 amide bonds. The third-order valence-corrected chi connectivity index (χ3v) is 8.08. The van der Waals surface area contributed by atoms with E-state index in [9.17, 15) is 19.2 Å². The molecule has 214 valence electrons. The van der Waals surface area contributed by atoms with Crippen LogP contribution < -0.4 is 20.8 Å². The first-order valence-electron chi connectivity index (χ1n) is 12.6. The summed E-state index contributed by atoms with van der Waals surface area (Å²) in [6, 6.07) is 27.1. The van der Waals surface area contributed by atoms with Crippen LogP contribution in [0.3, 0.4) is 0 Å². The van der Waals surface area contributed by atoms with E-state index in [1.807, 2.05) is 24.3 Å². The van der Waals surface area contributed by atoms with E-state index in [1.165, 1.54) is 35.8 Å². The fraction of sp³-hybridized carbons (Fsp3) is 0. The van der Waals surface area contributed by atoms with E-state index in [0.717, 1.165) is 14.6 Å². The Kier molecular flexibility index (Phi) is 9.26. The van der Waals surface area contributed by atoms with Crippen molar-refractivity contribution >= 4 is 90.2 Å². The fourth-order valence-electron chi connectivity index (χ4n) is 3.87. The first-order chi connectivity index (χ1) is 20.8. The Morgan fingerprint density at radius 1 is 0.837 bits per heavy atom. The van der Waals surface area contributed by atoms with Crippen molar-refractivity contribution in [3.63, 3.8) is 0 Å². The molecule has 4 aromatic carbocycles. The zero-order valence-corrected chi connectivity index (χ0v) is 25.1. The molecule has 0 aliphatic carbocycles. The molecule has 0 radical (unpaired) electrons. The number of carbonyl (C=O) groups is 4. The van der Waals surface area contributed by atoms with Crippen molar-refractivity contribution in [3.8, 4) is 5.75 Å². The van der Waals surface area contributed by atoms with Crippen LogP contribution in [0.2, 0.25) is 5.02 Å². The van der Waals surface area contributed by atoms with Gasteiger partial charge in [-0.05, 0) is 60.2 Å². The van der Waals surface area contributed by atoms with Crippen molar-refractivity contribution in [3.05, 3.63) is 123 Å². The van der Waals surface area contributed by atoms with Crippen LogP contribution in [0.5, 0.6) is 5.75 Å². The lowest BCUT2D eigenvalue weighted by Gasteiger charge is -2.11. The molecule has 0 bridgehead atoms. The van der Waals surface area contributed by atoms with E-state index in [4.69, 9.17) is 16.3 Å². The van der Waals surface area contributed by atoms with Gasteiger partial charge in [-0.2, -0.15) is 5.10 Å². The lowest BCUT2D eigenvalue weighted by molar-refractivity contribution is -0.136. The molecule has 0 saturated carbocycles. The van der Waals surface area contributed by atoms with Gasteiger partial charge in [0.15, 0.2) is 0 Å². The zero-order valence-electron chi connectivity index (χ0n) is 22.0. The van der Waals surface area contributed by atoms with Crippen LogP contribution in [-0.4, -0.2) is 29.9 Å². The normalized spacial score (nSPS) is 10.8. The van der Waals surface area contributed by atoms with Gasteiger partial charge in [0.1, 0.15) is 10.6 Å². The number of hydrogen-bond acceptors (Lipinski definition) is 7. The molecular weight excluding hydrogens is 656 g/mol. The molecule has 5 aromatic rings.